The molecule has 2 aliphatic rings. The standard InChI is InChI=1S/C20H20ClN3O/c21-17-6-7-18(16(10-17)11-22)24-13-19-20(14-24)25-9-8-23(19)12-15-4-2-1-3-5-15/h1-7,10,19-20H,8-9,12-14H2. The van der Waals surface area contributed by atoms with E-state index in [4.69, 9.17) is 16.3 Å². The number of nitrogens with zero attached hydrogens (tertiary/aromatic N) is 3. The maximum Gasteiger partial charge on any atom is 0.101 e. The van der Waals surface area contributed by atoms with Gasteiger partial charge in [-0.2, -0.15) is 5.26 Å². The number of morpholine rings is 1. The number of benzene rings is 2. The van der Waals surface area contributed by atoms with Crippen LogP contribution < -0.4 is 4.90 Å². The summed E-state index contributed by atoms with van der Waals surface area (Å²) in [7, 11) is 0. The summed E-state index contributed by atoms with van der Waals surface area (Å²) >= 11 is 6.04. The lowest BCUT2D eigenvalue weighted by Crippen LogP contribution is -2.50. The molecule has 0 aromatic heterocycles. The molecule has 2 aromatic carbocycles. The summed E-state index contributed by atoms with van der Waals surface area (Å²) in [6, 6.07) is 18.7. The smallest absolute Gasteiger partial charge is 0.101 e. The van der Waals surface area contributed by atoms with E-state index in [1.54, 1.807) is 6.07 Å². The SMILES string of the molecule is N#Cc1cc(Cl)ccc1N1CC2OCCN(Cc3ccccc3)C2C1. The summed E-state index contributed by atoms with van der Waals surface area (Å²) in [5.74, 6) is 0. The van der Waals surface area contributed by atoms with Crippen LogP contribution in [0.15, 0.2) is 48.5 Å². The molecule has 4 rings (SSSR count). The van der Waals surface area contributed by atoms with Crippen LogP contribution in [-0.2, 0) is 11.3 Å². The Morgan fingerprint density at radius 3 is 2.80 bits per heavy atom. The minimum Gasteiger partial charge on any atom is -0.373 e. The predicted molar refractivity (Wildman–Crippen MR) is 98.8 cm³/mol. The molecular weight excluding hydrogens is 334 g/mol. The summed E-state index contributed by atoms with van der Waals surface area (Å²) < 4.78 is 6.03. The van der Waals surface area contributed by atoms with Crippen molar-refractivity contribution in [1.29, 1.82) is 5.26 Å². The number of hydrogen-bond donors (Lipinski definition) is 0. The first-order valence-electron chi connectivity index (χ1n) is 8.59. The molecule has 0 spiro atoms. The maximum atomic E-state index is 9.43. The van der Waals surface area contributed by atoms with Gasteiger partial charge in [-0.3, -0.25) is 4.90 Å². The minimum atomic E-state index is 0.180. The summed E-state index contributed by atoms with van der Waals surface area (Å²) in [6.45, 7) is 4.31. The Balaban J connectivity index is 1.54. The van der Waals surface area contributed by atoms with Crippen LogP contribution in [0.3, 0.4) is 0 Å². The van der Waals surface area contributed by atoms with Gasteiger partial charge in [0.15, 0.2) is 0 Å². The van der Waals surface area contributed by atoms with Gasteiger partial charge in [0, 0.05) is 31.2 Å². The van der Waals surface area contributed by atoms with Gasteiger partial charge in [-0.05, 0) is 23.8 Å². The fourth-order valence-corrected chi connectivity index (χ4v) is 4.01. The van der Waals surface area contributed by atoms with Crippen LogP contribution in [0.4, 0.5) is 5.69 Å². The fraction of sp³-hybridized carbons (Fsp3) is 0.350. The molecule has 2 heterocycles. The molecule has 0 aliphatic carbocycles. The molecule has 0 N–H and O–H groups in total. The van der Waals surface area contributed by atoms with Gasteiger partial charge in [0.25, 0.3) is 0 Å². The Morgan fingerprint density at radius 2 is 2.00 bits per heavy atom. The van der Waals surface area contributed by atoms with E-state index in [1.165, 1.54) is 5.56 Å². The van der Waals surface area contributed by atoms with Gasteiger partial charge in [0.2, 0.25) is 0 Å². The summed E-state index contributed by atoms with van der Waals surface area (Å²) in [4.78, 5) is 4.76. The quantitative estimate of drug-likeness (QED) is 0.848. The number of rotatable bonds is 3. The highest BCUT2D eigenvalue weighted by molar-refractivity contribution is 6.30. The zero-order chi connectivity index (χ0) is 17.2. The molecule has 5 heteroatoms. The van der Waals surface area contributed by atoms with Gasteiger partial charge >= 0.3 is 0 Å². The van der Waals surface area contributed by atoms with Crippen LogP contribution in [0.5, 0.6) is 0 Å². The average molecular weight is 354 g/mol. The molecule has 2 aromatic rings. The van der Waals surface area contributed by atoms with Crippen LogP contribution in [0, 0.1) is 11.3 Å². The zero-order valence-corrected chi connectivity index (χ0v) is 14.7. The van der Waals surface area contributed by atoms with Crippen molar-refractivity contribution in [3.05, 3.63) is 64.7 Å². The first-order chi connectivity index (χ1) is 12.2. The maximum absolute atomic E-state index is 9.43. The summed E-state index contributed by atoms with van der Waals surface area (Å²) in [6.07, 6.45) is 0.180. The van der Waals surface area contributed by atoms with Gasteiger partial charge in [0.05, 0.1) is 30.0 Å². The van der Waals surface area contributed by atoms with E-state index in [2.05, 4.69) is 40.1 Å². The Bertz CT molecular complexity index is 789. The number of fused-ring (bicyclic) bond motifs is 1. The van der Waals surface area contributed by atoms with Gasteiger partial charge in [-0.15, -0.1) is 0 Å². The summed E-state index contributed by atoms with van der Waals surface area (Å²) in [5.41, 5.74) is 2.90. The van der Waals surface area contributed by atoms with Crippen LogP contribution in [0.2, 0.25) is 5.02 Å². The number of hydrogen-bond acceptors (Lipinski definition) is 4. The van der Waals surface area contributed by atoms with Crippen molar-refractivity contribution in [1.82, 2.24) is 4.90 Å². The second-order valence-electron chi connectivity index (χ2n) is 6.61. The highest BCUT2D eigenvalue weighted by Gasteiger charge is 2.40. The molecule has 25 heavy (non-hydrogen) atoms. The van der Waals surface area contributed by atoms with E-state index >= 15 is 0 Å². The van der Waals surface area contributed by atoms with Crippen molar-refractivity contribution in [3.63, 3.8) is 0 Å². The molecule has 0 bridgehead atoms. The second kappa shape index (κ2) is 7.05. The van der Waals surface area contributed by atoms with Crippen LogP contribution in [0.25, 0.3) is 0 Å². The van der Waals surface area contributed by atoms with Crippen molar-refractivity contribution < 1.29 is 4.74 Å². The van der Waals surface area contributed by atoms with Gasteiger partial charge < -0.3 is 9.64 Å². The van der Waals surface area contributed by atoms with Crippen LogP contribution >= 0.6 is 11.6 Å². The predicted octanol–water partition coefficient (Wildman–Crippen LogP) is 3.30. The molecule has 2 atom stereocenters. The lowest BCUT2D eigenvalue weighted by Gasteiger charge is -2.36. The molecule has 0 saturated carbocycles. The van der Waals surface area contributed by atoms with Crippen LogP contribution in [0.1, 0.15) is 11.1 Å². The third-order valence-electron chi connectivity index (χ3n) is 5.06. The number of halogens is 1. The Labute approximate surface area is 153 Å². The molecule has 2 aliphatic heterocycles. The van der Waals surface area contributed by atoms with E-state index in [9.17, 15) is 5.26 Å². The van der Waals surface area contributed by atoms with Crippen molar-refractivity contribution in [2.75, 3.05) is 31.1 Å². The molecule has 128 valence electrons. The van der Waals surface area contributed by atoms with Crippen molar-refractivity contribution in [2.45, 2.75) is 18.7 Å². The Morgan fingerprint density at radius 1 is 1.16 bits per heavy atom. The molecule has 2 saturated heterocycles. The molecule has 2 fully saturated rings. The van der Waals surface area contributed by atoms with E-state index < -0.39 is 0 Å². The highest BCUT2D eigenvalue weighted by atomic mass is 35.5. The zero-order valence-electron chi connectivity index (χ0n) is 13.9. The second-order valence-corrected chi connectivity index (χ2v) is 7.05. The molecule has 0 amide bonds. The number of anilines is 1. The van der Waals surface area contributed by atoms with Crippen molar-refractivity contribution >= 4 is 17.3 Å². The molecule has 0 radical (unpaired) electrons. The molecule has 2 unspecified atom stereocenters. The highest BCUT2D eigenvalue weighted by Crippen LogP contribution is 2.31. The lowest BCUT2D eigenvalue weighted by molar-refractivity contribution is -0.0499. The minimum absolute atomic E-state index is 0.180. The van der Waals surface area contributed by atoms with Gasteiger partial charge in [-0.1, -0.05) is 41.9 Å². The topological polar surface area (TPSA) is 39.5 Å². The molecular formula is C20H20ClN3O. The average Bonchev–Trinajstić information content (AvgIpc) is 3.07. The normalized spacial score (nSPS) is 23.3. The first kappa shape index (κ1) is 16.4. The van der Waals surface area contributed by atoms with Gasteiger partial charge in [-0.25, -0.2) is 0 Å². The summed E-state index contributed by atoms with van der Waals surface area (Å²) in [5, 5.41) is 10.0. The molecule has 4 nitrogen and oxygen atoms in total. The van der Waals surface area contributed by atoms with E-state index in [1.807, 2.05) is 18.2 Å². The first-order valence-corrected chi connectivity index (χ1v) is 8.96. The van der Waals surface area contributed by atoms with Crippen LogP contribution in [-0.4, -0.2) is 43.3 Å². The third kappa shape index (κ3) is 3.36. The third-order valence-corrected chi connectivity index (χ3v) is 5.30. The van der Waals surface area contributed by atoms with E-state index in [-0.39, 0.29) is 6.10 Å². The monoisotopic (exact) mass is 353 g/mol. The Kier molecular flexibility index (Phi) is 4.63. The van der Waals surface area contributed by atoms with E-state index in [0.717, 1.165) is 38.5 Å². The lowest BCUT2D eigenvalue weighted by atomic mass is 10.1. The van der Waals surface area contributed by atoms with Crippen molar-refractivity contribution in [2.24, 2.45) is 0 Å². The number of nitriles is 1. The largest absolute Gasteiger partial charge is 0.373 e. The van der Waals surface area contributed by atoms with E-state index in [0.29, 0.717) is 16.6 Å². The number of ether oxygens (including phenoxy) is 1. The van der Waals surface area contributed by atoms with Crippen molar-refractivity contribution in [3.8, 4) is 6.07 Å². The fourth-order valence-electron chi connectivity index (χ4n) is 3.84. The Hall–Kier alpha value is -2.06. The van der Waals surface area contributed by atoms with Gasteiger partial charge in [0.1, 0.15) is 6.07 Å².